The summed E-state index contributed by atoms with van der Waals surface area (Å²) in [6.07, 6.45) is 2.14. The van der Waals surface area contributed by atoms with Gasteiger partial charge in [-0.25, -0.2) is 0 Å². The van der Waals surface area contributed by atoms with E-state index in [0.717, 1.165) is 30.5 Å². The van der Waals surface area contributed by atoms with Crippen molar-refractivity contribution >= 4 is 5.91 Å². The third-order valence-electron chi connectivity index (χ3n) is 2.21. The van der Waals surface area contributed by atoms with E-state index in [1.54, 1.807) is 0 Å². The van der Waals surface area contributed by atoms with Crippen LogP contribution in [-0.2, 0) is 0 Å². The molecule has 0 aliphatic heterocycles. The highest BCUT2D eigenvalue weighted by molar-refractivity contribution is 5.95. The quantitative estimate of drug-likeness (QED) is 0.728. The van der Waals surface area contributed by atoms with Gasteiger partial charge in [0, 0.05) is 12.1 Å². The van der Waals surface area contributed by atoms with Crippen LogP contribution >= 0.6 is 0 Å². The second-order valence-corrected chi connectivity index (χ2v) is 3.42. The highest BCUT2D eigenvalue weighted by Gasteiger charge is 2.05. The highest BCUT2D eigenvalue weighted by atomic mass is 16.1. The zero-order valence-corrected chi connectivity index (χ0v) is 8.84. The fourth-order valence-electron chi connectivity index (χ4n) is 1.30. The van der Waals surface area contributed by atoms with Crippen molar-refractivity contribution in [2.45, 2.75) is 26.7 Å². The number of unbranched alkanes of at least 4 members (excludes halogenated alkanes) is 1. The van der Waals surface area contributed by atoms with Crippen LogP contribution in [0.25, 0.3) is 0 Å². The van der Waals surface area contributed by atoms with Gasteiger partial charge in [0.05, 0.1) is 0 Å². The van der Waals surface area contributed by atoms with Gasteiger partial charge in [-0.2, -0.15) is 0 Å². The summed E-state index contributed by atoms with van der Waals surface area (Å²) in [6.45, 7) is 4.83. The van der Waals surface area contributed by atoms with Crippen LogP contribution in [0.1, 0.15) is 35.7 Å². The number of hydrogen-bond acceptors (Lipinski definition) is 1. The molecule has 1 N–H and O–H groups in total. The van der Waals surface area contributed by atoms with Gasteiger partial charge >= 0.3 is 0 Å². The van der Waals surface area contributed by atoms with Crippen LogP contribution in [0, 0.1) is 6.92 Å². The number of amides is 1. The Morgan fingerprint density at radius 1 is 1.36 bits per heavy atom. The molecule has 0 unspecified atom stereocenters. The van der Waals surface area contributed by atoms with E-state index < -0.39 is 0 Å². The molecule has 0 heterocycles. The van der Waals surface area contributed by atoms with Crippen molar-refractivity contribution in [3.8, 4) is 0 Å². The minimum Gasteiger partial charge on any atom is -0.352 e. The Balaban J connectivity index is 2.56. The lowest BCUT2D eigenvalue weighted by molar-refractivity contribution is 0.0952. The monoisotopic (exact) mass is 191 g/mol. The molecule has 0 radical (unpaired) electrons. The molecule has 0 bridgehead atoms. The second kappa shape index (κ2) is 5.43. The average Bonchev–Trinajstić information content (AvgIpc) is 2.18. The molecular weight excluding hydrogens is 174 g/mol. The predicted molar refractivity (Wildman–Crippen MR) is 58.4 cm³/mol. The first kappa shape index (κ1) is 10.8. The van der Waals surface area contributed by atoms with Crippen LogP contribution in [0.4, 0.5) is 0 Å². The standard InChI is InChI=1S/C12H17NO/c1-3-4-9-13-12(14)11-8-6-5-7-10(11)2/h5-8H,3-4,9H2,1-2H3,(H,13,14). The summed E-state index contributed by atoms with van der Waals surface area (Å²) < 4.78 is 0. The summed E-state index contributed by atoms with van der Waals surface area (Å²) in [5, 5.41) is 2.90. The van der Waals surface area contributed by atoms with Gasteiger partial charge in [0.15, 0.2) is 0 Å². The second-order valence-electron chi connectivity index (χ2n) is 3.42. The topological polar surface area (TPSA) is 29.1 Å². The average molecular weight is 191 g/mol. The first-order valence-corrected chi connectivity index (χ1v) is 5.09. The molecule has 0 saturated carbocycles. The highest BCUT2D eigenvalue weighted by Crippen LogP contribution is 2.06. The fourth-order valence-corrected chi connectivity index (χ4v) is 1.30. The first-order valence-electron chi connectivity index (χ1n) is 5.09. The predicted octanol–water partition coefficient (Wildman–Crippen LogP) is 2.52. The summed E-state index contributed by atoms with van der Waals surface area (Å²) >= 11 is 0. The smallest absolute Gasteiger partial charge is 0.251 e. The summed E-state index contributed by atoms with van der Waals surface area (Å²) in [5.41, 5.74) is 1.81. The Hall–Kier alpha value is -1.31. The minimum absolute atomic E-state index is 0.0385. The molecule has 0 spiro atoms. The van der Waals surface area contributed by atoms with Crippen molar-refractivity contribution in [3.63, 3.8) is 0 Å². The third-order valence-corrected chi connectivity index (χ3v) is 2.21. The van der Waals surface area contributed by atoms with Crippen molar-refractivity contribution in [3.05, 3.63) is 35.4 Å². The Morgan fingerprint density at radius 3 is 2.71 bits per heavy atom. The van der Waals surface area contributed by atoms with E-state index in [1.807, 2.05) is 31.2 Å². The van der Waals surface area contributed by atoms with Crippen LogP contribution in [0.3, 0.4) is 0 Å². The minimum atomic E-state index is 0.0385. The maximum absolute atomic E-state index is 11.6. The van der Waals surface area contributed by atoms with Crippen LogP contribution in [0.15, 0.2) is 24.3 Å². The molecule has 0 saturated heterocycles. The van der Waals surface area contributed by atoms with E-state index in [-0.39, 0.29) is 5.91 Å². The first-order chi connectivity index (χ1) is 6.75. The Morgan fingerprint density at radius 2 is 2.07 bits per heavy atom. The number of benzene rings is 1. The lowest BCUT2D eigenvalue weighted by Crippen LogP contribution is -2.24. The Labute approximate surface area is 85.3 Å². The molecule has 2 heteroatoms. The number of hydrogen-bond donors (Lipinski definition) is 1. The van der Waals surface area contributed by atoms with Gasteiger partial charge in [0.1, 0.15) is 0 Å². The number of aryl methyl sites for hydroxylation is 1. The SMILES string of the molecule is CCCCNC(=O)c1ccccc1C. The van der Waals surface area contributed by atoms with Gasteiger partial charge in [0.25, 0.3) is 5.91 Å². The molecule has 0 aromatic heterocycles. The van der Waals surface area contributed by atoms with Gasteiger partial charge in [-0.05, 0) is 25.0 Å². The number of carbonyl (C=O) groups excluding carboxylic acids is 1. The van der Waals surface area contributed by atoms with Crippen LogP contribution < -0.4 is 5.32 Å². The molecule has 0 atom stereocenters. The largest absolute Gasteiger partial charge is 0.352 e. The fraction of sp³-hybridized carbons (Fsp3) is 0.417. The van der Waals surface area contributed by atoms with E-state index in [4.69, 9.17) is 0 Å². The summed E-state index contributed by atoms with van der Waals surface area (Å²) in [4.78, 5) is 11.6. The van der Waals surface area contributed by atoms with Crippen molar-refractivity contribution in [2.75, 3.05) is 6.54 Å². The molecule has 1 rings (SSSR count). The van der Waals surface area contributed by atoms with Gasteiger partial charge in [0.2, 0.25) is 0 Å². The number of rotatable bonds is 4. The van der Waals surface area contributed by atoms with Gasteiger partial charge in [-0.15, -0.1) is 0 Å². The molecule has 1 aromatic rings. The van der Waals surface area contributed by atoms with Crippen LogP contribution in [0.2, 0.25) is 0 Å². The molecule has 14 heavy (non-hydrogen) atoms. The molecule has 0 aliphatic rings. The molecule has 0 fully saturated rings. The van der Waals surface area contributed by atoms with Gasteiger partial charge in [-0.3, -0.25) is 4.79 Å². The number of nitrogens with one attached hydrogen (secondary N) is 1. The maximum Gasteiger partial charge on any atom is 0.251 e. The molecular formula is C12H17NO. The zero-order valence-electron chi connectivity index (χ0n) is 8.84. The summed E-state index contributed by atoms with van der Waals surface area (Å²) in [7, 11) is 0. The van der Waals surface area contributed by atoms with E-state index in [9.17, 15) is 4.79 Å². The maximum atomic E-state index is 11.6. The summed E-state index contributed by atoms with van der Waals surface area (Å²) in [6, 6.07) is 7.64. The lowest BCUT2D eigenvalue weighted by Gasteiger charge is -2.06. The van der Waals surface area contributed by atoms with Crippen LogP contribution in [0.5, 0.6) is 0 Å². The van der Waals surface area contributed by atoms with Crippen LogP contribution in [-0.4, -0.2) is 12.5 Å². The normalized spacial score (nSPS) is 9.86. The molecule has 0 aliphatic carbocycles. The molecule has 76 valence electrons. The Kier molecular flexibility index (Phi) is 4.17. The molecule has 1 amide bonds. The van der Waals surface area contributed by atoms with Gasteiger partial charge in [-0.1, -0.05) is 31.5 Å². The van der Waals surface area contributed by atoms with Crippen molar-refractivity contribution in [1.82, 2.24) is 5.32 Å². The van der Waals surface area contributed by atoms with E-state index in [2.05, 4.69) is 12.2 Å². The lowest BCUT2D eigenvalue weighted by atomic mass is 10.1. The van der Waals surface area contributed by atoms with Crippen molar-refractivity contribution < 1.29 is 4.79 Å². The van der Waals surface area contributed by atoms with E-state index in [1.165, 1.54) is 0 Å². The summed E-state index contributed by atoms with van der Waals surface area (Å²) in [5.74, 6) is 0.0385. The third kappa shape index (κ3) is 2.87. The Bertz CT molecular complexity index is 307. The van der Waals surface area contributed by atoms with Gasteiger partial charge < -0.3 is 5.32 Å². The van der Waals surface area contributed by atoms with Crippen molar-refractivity contribution in [1.29, 1.82) is 0 Å². The van der Waals surface area contributed by atoms with Crippen molar-refractivity contribution in [2.24, 2.45) is 0 Å². The van der Waals surface area contributed by atoms with E-state index >= 15 is 0 Å². The van der Waals surface area contributed by atoms with E-state index in [0.29, 0.717) is 0 Å². The zero-order chi connectivity index (χ0) is 10.4. The number of carbonyl (C=O) groups is 1. The molecule has 2 nitrogen and oxygen atoms in total. The molecule has 1 aromatic carbocycles.